The van der Waals surface area contributed by atoms with Crippen molar-refractivity contribution in [3.8, 4) is 0 Å². The van der Waals surface area contributed by atoms with Gasteiger partial charge < -0.3 is 16.0 Å². The lowest BCUT2D eigenvalue weighted by atomic mass is 9.98. The number of hydrogen-bond acceptors (Lipinski definition) is 4. The molecule has 3 rings (SSSR count). The summed E-state index contributed by atoms with van der Waals surface area (Å²) in [5.41, 5.74) is 7.37. The standard InChI is InChI=1S/C15H16N4O/c1-2-19-13-6-4-3-5-12(13)18-15(19,14(16)20)11-7-9-17-10-8-11/h3-10,18H,2H2,1H3,(H2,16,20). The molecule has 0 fully saturated rings. The van der Waals surface area contributed by atoms with Crippen LogP contribution in [0.4, 0.5) is 11.4 Å². The highest BCUT2D eigenvalue weighted by atomic mass is 16.2. The average molecular weight is 268 g/mol. The van der Waals surface area contributed by atoms with Gasteiger partial charge in [0.25, 0.3) is 5.91 Å². The number of nitrogens with two attached hydrogens (primary N) is 1. The first-order valence-electron chi connectivity index (χ1n) is 6.55. The van der Waals surface area contributed by atoms with Crippen LogP contribution in [0.15, 0.2) is 48.8 Å². The van der Waals surface area contributed by atoms with Crippen LogP contribution in [0.2, 0.25) is 0 Å². The summed E-state index contributed by atoms with van der Waals surface area (Å²) in [7, 11) is 0. The van der Waals surface area contributed by atoms with Crippen molar-refractivity contribution in [1.29, 1.82) is 0 Å². The normalized spacial score (nSPS) is 20.4. The average Bonchev–Trinajstić information content (AvgIpc) is 2.83. The molecule has 102 valence electrons. The van der Waals surface area contributed by atoms with E-state index in [1.165, 1.54) is 0 Å². The molecule has 0 aliphatic carbocycles. The quantitative estimate of drug-likeness (QED) is 0.888. The van der Waals surface area contributed by atoms with Gasteiger partial charge in [0.2, 0.25) is 5.66 Å². The number of hydrogen-bond donors (Lipinski definition) is 2. The maximum absolute atomic E-state index is 12.3. The maximum atomic E-state index is 12.3. The van der Waals surface area contributed by atoms with Crippen LogP contribution >= 0.6 is 0 Å². The number of para-hydroxylation sites is 2. The second-order valence-electron chi connectivity index (χ2n) is 4.70. The molecule has 20 heavy (non-hydrogen) atoms. The van der Waals surface area contributed by atoms with Crippen molar-refractivity contribution in [2.45, 2.75) is 12.6 Å². The lowest BCUT2D eigenvalue weighted by Crippen LogP contribution is -2.57. The number of fused-ring (bicyclic) bond motifs is 1. The SMILES string of the molecule is CCN1c2ccccc2NC1(C(N)=O)c1ccncc1. The lowest BCUT2D eigenvalue weighted by molar-refractivity contribution is -0.122. The van der Waals surface area contributed by atoms with E-state index >= 15 is 0 Å². The number of amides is 1. The Hall–Kier alpha value is -2.56. The van der Waals surface area contributed by atoms with Crippen molar-refractivity contribution in [1.82, 2.24) is 4.98 Å². The zero-order valence-electron chi connectivity index (χ0n) is 11.2. The molecule has 0 radical (unpaired) electrons. The number of carbonyl (C=O) groups excluding carboxylic acids is 1. The van der Waals surface area contributed by atoms with Gasteiger partial charge in [-0.05, 0) is 31.2 Å². The van der Waals surface area contributed by atoms with Crippen LogP contribution < -0.4 is 16.0 Å². The number of rotatable bonds is 3. The van der Waals surface area contributed by atoms with Gasteiger partial charge in [0, 0.05) is 24.5 Å². The molecule has 2 aromatic rings. The van der Waals surface area contributed by atoms with Gasteiger partial charge in [0.05, 0.1) is 11.4 Å². The van der Waals surface area contributed by atoms with Gasteiger partial charge in [0.1, 0.15) is 0 Å². The first kappa shape index (κ1) is 12.5. The van der Waals surface area contributed by atoms with Crippen LogP contribution in [-0.4, -0.2) is 17.4 Å². The van der Waals surface area contributed by atoms with E-state index in [1.54, 1.807) is 12.4 Å². The third-order valence-corrected chi connectivity index (χ3v) is 3.69. The van der Waals surface area contributed by atoms with E-state index in [0.717, 1.165) is 16.9 Å². The summed E-state index contributed by atoms with van der Waals surface area (Å²) in [4.78, 5) is 18.3. The molecule has 1 aliphatic heterocycles. The summed E-state index contributed by atoms with van der Waals surface area (Å²) in [6.07, 6.45) is 3.33. The number of aromatic nitrogens is 1. The van der Waals surface area contributed by atoms with E-state index in [9.17, 15) is 4.79 Å². The first-order chi connectivity index (χ1) is 9.70. The smallest absolute Gasteiger partial charge is 0.269 e. The molecule has 0 spiro atoms. The summed E-state index contributed by atoms with van der Waals surface area (Å²) in [6, 6.07) is 11.4. The molecule has 1 atom stereocenters. The van der Waals surface area contributed by atoms with Crippen LogP contribution in [0.25, 0.3) is 0 Å². The Morgan fingerprint density at radius 1 is 1.30 bits per heavy atom. The summed E-state index contributed by atoms with van der Waals surface area (Å²) in [6.45, 7) is 2.66. The monoisotopic (exact) mass is 268 g/mol. The van der Waals surface area contributed by atoms with Crippen molar-refractivity contribution in [2.24, 2.45) is 5.73 Å². The van der Waals surface area contributed by atoms with Crippen molar-refractivity contribution in [3.05, 3.63) is 54.4 Å². The van der Waals surface area contributed by atoms with Crippen LogP contribution in [0.3, 0.4) is 0 Å². The molecule has 3 N–H and O–H groups in total. The van der Waals surface area contributed by atoms with Crippen LogP contribution in [0, 0.1) is 0 Å². The van der Waals surface area contributed by atoms with E-state index in [1.807, 2.05) is 48.2 Å². The van der Waals surface area contributed by atoms with Crippen molar-refractivity contribution < 1.29 is 4.79 Å². The summed E-state index contributed by atoms with van der Waals surface area (Å²) < 4.78 is 0. The lowest BCUT2D eigenvalue weighted by Gasteiger charge is -2.37. The zero-order chi connectivity index (χ0) is 14.2. The minimum absolute atomic E-state index is 0.429. The Balaban J connectivity index is 2.21. The van der Waals surface area contributed by atoms with Crippen molar-refractivity contribution in [2.75, 3.05) is 16.8 Å². The number of primary amides is 1. The van der Waals surface area contributed by atoms with Crippen LogP contribution in [0.5, 0.6) is 0 Å². The highest BCUT2D eigenvalue weighted by Gasteiger charge is 2.49. The number of nitrogens with zero attached hydrogens (tertiary/aromatic N) is 2. The third kappa shape index (κ3) is 1.56. The van der Waals surface area contributed by atoms with Gasteiger partial charge in [-0.15, -0.1) is 0 Å². The van der Waals surface area contributed by atoms with E-state index in [2.05, 4.69) is 10.3 Å². The molecule has 2 heterocycles. The Morgan fingerprint density at radius 3 is 2.65 bits per heavy atom. The highest BCUT2D eigenvalue weighted by molar-refractivity contribution is 5.98. The first-order valence-corrected chi connectivity index (χ1v) is 6.55. The van der Waals surface area contributed by atoms with E-state index < -0.39 is 11.6 Å². The highest BCUT2D eigenvalue weighted by Crippen LogP contribution is 2.44. The molecular formula is C15H16N4O. The molecular weight excluding hydrogens is 252 g/mol. The van der Waals surface area contributed by atoms with Gasteiger partial charge in [-0.25, -0.2) is 0 Å². The Morgan fingerprint density at radius 2 is 2.00 bits per heavy atom. The minimum atomic E-state index is -1.05. The van der Waals surface area contributed by atoms with Gasteiger partial charge in [0.15, 0.2) is 0 Å². The fourth-order valence-electron chi connectivity index (χ4n) is 2.82. The summed E-state index contributed by atoms with van der Waals surface area (Å²) in [5, 5.41) is 3.29. The Bertz CT molecular complexity index is 643. The maximum Gasteiger partial charge on any atom is 0.269 e. The number of anilines is 2. The molecule has 1 aliphatic rings. The molecule has 5 nitrogen and oxygen atoms in total. The zero-order valence-corrected chi connectivity index (χ0v) is 11.2. The second kappa shape index (κ2) is 4.52. The largest absolute Gasteiger partial charge is 0.366 e. The second-order valence-corrected chi connectivity index (χ2v) is 4.70. The van der Waals surface area contributed by atoms with Crippen molar-refractivity contribution >= 4 is 17.3 Å². The third-order valence-electron chi connectivity index (χ3n) is 3.69. The van der Waals surface area contributed by atoms with Gasteiger partial charge in [-0.1, -0.05) is 12.1 Å². The van der Waals surface area contributed by atoms with Gasteiger partial charge in [-0.3, -0.25) is 9.78 Å². The number of pyridine rings is 1. The molecule has 1 aromatic carbocycles. The van der Waals surface area contributed by atoms with E-state index in [-0.39, 0.29) is 0 Å². The number of nitrogens with one attached hydrogen (secondary N) is 1. The minimum Gasteiger partial charge on any atom is -0.366 e. The fraction of sp³-hybridized carbons (Fsp3) is 0.200. The predicted molar refractivity (Wildman–Crippen MR) is 78.2 cm³/mol. The van der Waals surface area contributed by atoms with Gasteiger partial charge >= 0.3 is 0 Å². The summed E-state index contributed by atoms with van der Waals surface area (Å²) in [5.74, 6) is -0.429. The van der Waals surface area contributed by atoms with E-state index in [4.69, 9.17) is 5.73 Å². The Labute approximate surface area is 117 Å². The number of benzene rings is 1. The molecule has 0 saturated heterocycles. The van der Waals surface area contributed by atoms with Crippen LogP contribution in [-0.2, 0) is 10.5 Å². The summed E-state index contributed by atoms with van der Waals surface area (Å²) >= 11 is 0. The number of likely N-dealkylation sites (N-methyl/N-ethyl adjacent to an activating group) is 1. The molecule has 1 amide bonds. The van der Waals surface area contributed by atoms with Crippen molar-refractivity contribution in [3.63, 3.8) is 0 Å². The number of carbonyl (C=O) groups is 1. The predicted octanol–water partition coefficient (Wildman–Crippen LogP) is 1.67. The molecule has 1 aromatic heterocycles. The van der Waals surface area contributed by atoms with E-state index in [0.29, 0.717) is 6.54 Å². The molecule has 1 unspecified atom stereocenters. The molecule has 0 bridgehead atoms. The topological polar surface area (TPSA) is 71.2 Å². The molecule has 5 heteroatoms. The van der Waals surface area contributed by atoms with Gasteiger partial charge in [-0.2, -0.15) is 0 Å². The van der Waals surface area contributed by atoms with Crippen LogP contribution in [0.1, 0.15) is 12.5 Å². The Kier molecular flexibility index (Phi) is 2.82. The molecule has 0 saturated carbocycles. The fourth-order valence-corrected chi connectivity index (χ4v) is 2.82.